The lowest BCUT2D eigenvalue weighted by Crippen LogP contribution is -1.99. The Kier molecular flexibility index (Phi) is 3.13. The largest absolute Gasteiger partial charge is 0.497 e. The molecule has 0 aliphatic carbocycles. The average molecular weight is 234 g/mol. The Balaban J connectivity index is 2.29. The number of anilines is 2. The number of nitrogens with zero attached hydrogens (tertiary/aromatic N) is 3. The Morgan fingerprint density at radius 2 is 1.76 bits per heavy atom. The molecular weight excluding hydrogens is 220 g/mol. The highest BCUT2D eigenvalue weighted by atomic mass is 16.5. The second-order valence-corrected chi connectivity index (χ2v) is 3.49. The summed E-state index contributed by atoms with van der Waals surface area (Å²) in [7, 11) is 5.08. The van der Waals surface area contributed by atoms with Crippen molar-refractivity contribution >= 4 is 11.6 Å². The van der Waals surface area contributed by atoms with Crippen LogP contribution in [0.5, 0.6) is 11.5 Å². The number of nitrogens with one attached hydrogen (secondary N) is 1. The summed E-state index contributed by atoms with van der Waals surface area (Å²) in [6.45, 7) is 0. The minimum Gasteiger partial charge on any atom is -0.497 e. The van der Waals surface area contributed by atoms with Crippen LogP contribution in [0, 0.1) is 0 Å². The maximum Gasteiger partial charge on any atom is 0.228 e. The number of benzene rings is 1. The van der Waals surface area contributed by atoms with Gasteiger partial charge in [-0.25, -0.2) is 0 Å². The number of aryl methyl sites for hydroxylation is 1. The highest BCUT2D eigenvalue weighted by Gasteiger charge is 2.05. The summed E-state index contributed by atoms with van der Waals surface area (Å²) in [5.41, 5.74) is 0.831. The normalized spacial score (nSPS) is 10.1. The summed E-state index contributed by atoms with van der Waals surface area (Å²) in [5, 5.41) is 10.9. The molecule has 17 heavy (non-hydrogen) atoms. The van der Waals surface area contributed by atoms with E-state index >= 15 is 0 Å². The van der Waals surface area contributed by atoms with E-state index in [0.29, 0.717) is 17.4 Å². The molecule has 0 unspecified atom stereocenters. The molecule has 1 aromatic carbocycles. The maximum atomic E-state index is 5.18. The zero-order valence-corrected chi connectivity index (χ0v) is 9.97. The van der Waals surface area contributed by atoms with Gasteiger partial charge in [-0.1, -0.05) is 0 Å². The van der Waals surface area contributed by atoms with Gasteiger partial charge in [-0.2, -0.15) is 0 Å². The van der Waals surface area contributed by atoms with Gasteiger partial charge in [0.2, 0.25) is 5.95 Å². The van der Waals surface area contributed by atoms with Crippen LogP contribution in [0.3, 0.4) is 0 Å². The second kappa shape index (κ2) is 4.73. The first-order valence-corrected chi connectivity index (χ1v) is 5.07. The van der Waals surface area contributed by atoms with Crippen LogP contribution < -0.4 is 14.8 Å². The number of hydrogen-bond acceptors (Lipinski definition) is 5. The number of aromatic nitrogens is 3. The molecule has 0 aliphatic heterocycles. The molecule has 0 saturated heterocycles. The van der Waals surface area contributed by atoms with Crippen molar-refractivity contribution in [1.29, 1.82) is 0 Å². The third-order valence-electron chi connectivity index (χ3n) is 2.32. The molecule has 6 heteroatoms. The van der Waals surface area contributed by atoms with Gasteiger partial charge in [-0.15, -0.1) is 10.2 Å². The van der Waals surface area contributed by atoms with Crippen LogP contribution in [0.25, 0.3) is 0 Å². The molecule has 2 rings (SSSR count). The Morgan fingerprint density at radius 1 is 1.12 bits per heavy atom. The molecule has 1 heterocycles. The summed E-state index contributed by atoms with van der Waals surface area (Å²) in [4.78, 5) is 0. The summed E-state index contributed by atoms with van der Waals surface area (Å²) in [6.07, 6.45) is 1.62. The Bertz CT molecular complexity index is 488. The van der Waals surface area contributed by atoms with Crippen molar-refractivity contribution in [2.45, 2.75) is 0 Å². The van der Waals surface area contributed by atoms with E-state index < -0.39 is 0 Å². The van der Waals surface area contributed by atoms with Crippen LogP contribution in [-0.2, 0) is 7.05 Å². The van der Waals surface area contributed by atoms with E-state index in [1.807, 2.05) is 25.2 Å². The van der Waals surface area contributed by atoms with Gasteiger partial charge in [0.05, 0.1) is 14.2 Å². The Labute approximate surface area is 99.2 Å². The summed E-state index contributed by atoms with van der Waals surface area (Å²) in [6, 6.07) is 5.52. The standard InChI is InChI=1S/C11H14N4O2/c1-15-7-12-14-11(15)13-8-4-9(16-2)6-10(5-8)17-3/h4-7H,1-3H3,(H,13,14). The Hall–Kier alpha value is -2.24. The van der Waals surface area contributed by atoms with E-state index in [-0.39, 0.29) is 0 Å². The van der Waals surface area contributed by atoms with Crippen molar-refractivity contribution in [3.05, 3.63) is 24.5 Å². The highest BCUT2D eigenvalue weighted by Crippen LogP contribution is 2.27. The first-order chi connectivity index (χ1) is 8.22. The fraction of sp³-hybridized carbons (Fsp3) is 0.273. The average Bonchev–Trinajstić information content (AvgIpc) is 2.74. The van der Waals surface area contributed by atoms with Gasteiger partial charge < -0.3 is 19.4 Å². The van der Waals surface area contributed by atoms with Gasteiger partial charge >= 0.3 is 0 Å². The van der Waals surface area contributed by atoms with Gasteiger partial charge in [0, 0.05) is 30.9 Å². The van der Waals surface area contributed by atoms with Crippen molar-refractivity contribution < 1.29 is 9.47 Å². The molecular formula is C11H14N4O2. The number of rotatable bonds is 4. The summed E-state index contributed by atoms with van der Waals surface area (Å²) in [5.74, 6) is 2.09. The van der Waals surface area contributed by atoms with E-state index in [2.05, 4.69) is 15.5 Å². The second-order valence-electron chi connectivity index (χ2n) is 3.49. The molecule has 0 bridgehead atoms. The molecule has 0 saturated carbocycles. The predicted molar refractivity (Wildman–Crippen MR) is 63.8 cm³/mol. The van der Waals surface area contributed by atoms with Crippen LogP contribution >= 0.6 is 0 Å². The predicted octanol–water partition coefficient (Wildman–Crippen LogP) is 1.58. The molecule has 0 atom stereocenters. The van der Waals surface area contributed by atoms with Crippen LogP contribution in [0.1, 0.15) is 0 Å². The van der Waals surface area contributed by atoms with Crippen molar-refractivity contribution in [2.24, 2.45) is 7.05 Å². The van der Waals surface area contributed by atoms with E-state index in [1.54, 1.807) is 25.1 Å². The van der Waals surface area contributed by atoms with E-state index in [9.17, 15) is 0 Å². The zero-order chi connectivity index (χ0) is 12.3. The minimum absolute atomic E-state index is 0.653. The quantitative estimate of drug-likeness (QED) is 0.870. The fourth-order valence-electron chi connectivity index (χ4n) is 1.41. The van der Waals surface area contributed by atoms with Crippen LogP contribution in [0.15, 0.2) is 24.5 Å². The van der Waals surface area contributed by atoms with Gasteiger partial charge in [0.25, 0.3) is 0 Å². The molecule has 0 aliphatic rings. The van der Waals surface area contributed by atoms with Gasteiger partial charge in [-0.05, 0) is 0 Å². The van der Waals surface area contributed by atoms with E-state index in [1.165, 1.54) is 0 Å². The SMILES string of the molecule is COc1cc(Nc2nncn2C)cc(OC)c1. The molecule has 1 aromatic heterocycles. The van der Waals surface area contributed by atoms with Crippen LogP contribution in [-0.4, -0.2) is 29.0 Å². The number of ether oxygens (including phenoxy) is 2. The number of hydrogen-bond donors (Lipinski definition) is 1. The first-order valence-electron chi connectivity index (χ1n) is 5.07. The third-order valence-corrected chi connectivity index (χ3v) is 2.32. The summed E-state index contributed by atoms with van der Waals surface area (Å²) >= 11 is 0. The van der Waals surface area contributed by atoms with Crippen molar-refractivity contribution in [3.63, 3.8) is 0 Å². The lowest BCUT2D eigenvalue weighted by molar-refractivity contribution is 0.395. The topological polar surface area (TPSA) is 61.2 Å². The Morgan fingerprint density at radius 3 is 2.24 bits per heavy atom. The van der Waals surface area contributed by atoms with Gasteiger partial charge in [0.1, 0.15) is 17.8 Å². The van der Waals surface area contributed by atoms with Crippen LogP contribution in [0.2, 0.25) is 0 Å². The molecule has 0 spiro atoms. The molecule has 6 nitrogen and oxygen atoms in total. The minimum atomic E-state index is 0.653. The molecule has 0 amide bonds. The van der Waals surface area contributed by atoms with Gasteiger partial charge in [0.15, 0.2) is 0 Å². The molecule has 90 valence electrons. The lowest BCUT2D eigenvalue weighted by Gasteiger charge is -2.09. The van der Waals surface area contributed by atoms with Crippen molar-refractivity contribution in [3.8, 4) is 11.5 Å². The fourth-order valence-corrected chi connectivity index (χ4v) is 1.41. The smallest absolute Gasteiger partial charge is 0.228 e. The maximum absolute atomic E-state index is 5.18. The number of methoxy groups -OCH3 is 2. The molecule has 1 N–H and O–H groups in total. The monoisotopic (exact) mass is 234 g/mol. The van der Waals surface area contributed by atoms with E-state index in [0.717, 1.165) is 5.69 Å². The summed E-state index contributed by atoms with van der Waals surface area (Å²) < 4.78 is 12.2. The van der Waals surface area contributed by atoms with E-state index in [4.69, 9.17) is 9.47 Å². The van der Waals surface area contributed by atoms with Gasteiger partial charge in [-0.3, -0.25) is 0 Å². The van der Waals surface area contributed by atoms with Crippen molar-refractivity contribution in [1.82, 2.24) is 14.8 Å². The third kappa shape index (κ3) is 2.47. The zero-order valence-electron chi connectivity index (χ0n) is 9.97. The van der Waals surface area contributed by atoms with Crippen LogP contribution in [0.4, 0.5) is 11.6 Å². The molecule has 0 fully saturated rings. The molecule has 0 radical (unpaired) electrons. The lowest BCUT2D eigenvalue weighted by atomic mass is 10.3. The molecule has 2 aromatic rings. The first kappa shape index (κ1) is 11.3. The highest BCUT2D eigenvalue weighted by molar-refractivity contribution is 5.59. The van der Waals surface area contributed by atoms with Crippen molar-refractivity contribution in [2.75, 3.05) is 19.5 Å².